The van der Waals surface area contributed by atoms with Gasteiger partial charge < -0.3 is 10.5 Å². The van der Waals surface area contributed by atoms with Crippen LogP contribution in [0.25, 0.3) is 11.1 Å². The fraction of sp³-hybridized carbons (Fsp3) is 0.348. The zero-order chi connectivity index (χ0) is 19.1. The van der Waals surface area contributed by atoms with Crippen LogP contribution in [0, 0.1) is 13.8 Å². The third kappa shape index (κ3) is 5.30. The molecule has 0 aliphatic rings. The second kappa shape index (κ2) is 9.35. The monoisotopic (exact) mass is 351 g/mol. The number of carbonyl (C=O) groups is 1. The molecule has 2 rings (SSSR count). The Balaban J connectivity index is 2.30. The van der Waals surface area contributed by atoms with Crippen molar-refractivity contribution in [3.63, 3.8) is 0 Å². The highest BCUT2D eigenvalue weighted by Crippen LogP contribution is 2.29. The van der Waals surface area contributed by atoms with Crippen molar-refractivity contribution < 1.29 is 9.53 Å². The summed E-state index contributed by atoms with van der Waals surface area (Å²) in [6.07, 6.45) is 2.60. The predicted molar refractivity (Wildman–Crippen MR) is 108 cm³/mol. The summed E-state index contributed by atoms with van der Waals surface area (Å²) >= 11 is 0. The number of aryl methyl sites for hydroxylation is 3. The average Bonchev–Trinajstić information content (AvgIpc) is 2.60. The minimum Gasteiger partial charge on any atom is -0.462 e. The van der Waals surface area contributed by atoms with E-state index in [0.29, 0.717) is 25.1 Å². The fourth-order valence-corrected chi connectivity index (χ4v) is 3.07. The van der Waals surface area contributed by atoms with E-state index in [2.05, 4.69) is 56.8 Å². The lowest BCUT2D eigenvalue weighted by molar-refractivity contribution is -0.138. The second-order valence-electron chi connectivity index (χ2n) is 6.87. The van der Waals surface area contributed by atoms with Gasteiger partial charge in [0.2, 0.25) is 0 Å². The number of hydrogen-bond acceptors (Lipinski definition) is 3. The number of ether oxygens (including phenoxy) is 1. The van der Waals surface area contributed by atoms with Gasteiger partial charge in [-0.2, -0.15) is 0 Å². The standard InChI is InChI=1S/C23H29NO2/c1-16(2)23(25)26-13-11-20-15-19(6-5-12-24)8-10-22(20)21-9-7-17(3)14-18(21)4/h7-10,14-15H,1,5-6,11-13,24H2,2-4H3. The topological polar surface area (TPSA) is 52.3 Å². The molecule has 0 aliphatic carbocycles. The Morgan fingerprint density at radius 2 is 1.81 bits per heavy atom. The maximum atomic E-state index is 11.7. The van der Waals surface area contributed by atoms with E-state index in [-0.39, 0.29) is 5.97 Å². The summed E-state index contributed by atoms with van der Waals surface area (Å²) < 4.78 is 5.31. The maximum Gasteiger partial charge on any atom is 0.333 e. The van der Waals surface area contributed by atoms with Crippen LogP contribution in [0.1, 0.15) is 35.6 Å². The van der Waals surface area contributed by atoms with Gasteiger partial charge >= 0.3 is 5.97 Å². The van der Waals surface area contributed by atoms with Crippen molar-refractivity contribution in [1.29, 1.82) is 0 Å². The van der Waals surface area contributed by atoms with E-state index in [1.165, 1.54) is 33.4 Å². The number of benzene rings is 2. The van der Waals surface area contributed by atoms with Gasteiger partial charge in [0.1, 0.15) is 0 Å². The van der Waals surface area contributed by atoms with E-state index >= 15 is 0 Å². The SMILES string of the molecule is C=C(C)C(=O)OCCc1cc(CCCN)ccc1-c1ccc(C)cc1C. The molecule has 0 heterocycles. The summed E-state index contributed by atoms with van der Waals surface area (Å²) in [7, 11) is 0. The summed E-state index contributed by atoms with van der Waals surface area (Å²) in [5.74, 6) is -0.336. The number of nitrogens with two attached hydrogens (primary N) is 1. The van der Waals surface area contributed by atoms with Crippen molar-refractivity contribution in [2.75, 3.05) is 13.2 Å². The van der Waals surface area contributed by atoms with Crippen molar-refractivity contribution in [2.24, 2.45) is 5.73 Å². The van der Waals surface area contributed by atoms with Gasteiger partial charge in [-0.1, -0.05) is 48.5 Å². The third-order valence-corrected chi connectivity index (χ3v) is 4.46. The van der Waals surface area contributed by atoms with Crippen molar-refractivity contribution in [1.82, 2.24) is 0 Å². The number of esters is 1. The highest BCUT2D eigenvalue weighted by Gasteiger charge is 2.11. The largest absolute Gasteiger partial charge is 0.462 e. The van der Waals surface area contributed by atoms with Crippen LogP contribution in [0.2, 0.25) is 0 Å². The summed E-state index contributed by atoms with van der Waals surface area (Å²) in [5, 5.41) is 0. The van der Waals surface area contributed by atoms with Gasteiger partial charge in [0, 0.05) is 12.0 Å². The highest BCUT2D eigenvalue weighted by molar-refractivity contribution is 5.86. The van der Waals surface area contributed by atoms with Crippen LogP contribution in [0.3, 0.4) is 0 Å². The Labute approximate surface area is 156 Å². The molecule has 2 N–H and O–H groups in total. The molecule has 0 saturated heterocycles. The molecular weight excluding hydrogens is 322 g/mol. The van der Waals surface area contributed by atoms with Gasteiger partial charge in [-0.25, -0.2) is 4.79 Å². The van der Waals surface area contributed by atoms with E-state index in [4.69, 9.17) is 10.5 Å². The summed E-state index contributed by atoms with van der Waals surface area (Å²) in [5.41, 5.74) is 13.5. The molecule has 3 heteroatoms. The van der Waals surface area contributed by atoms with Gasteiger partial charge in [0.05, 0.1) is 6.61 Å². The number of rotatable bonds is 8. The molecule has 2 aromatic carbocycles. The lowest BCUT2D eigenvalue weighted by Gasteiger charge is -2.15. The minimum absolute atomic E-state index is 0.336. The molecule has 0 fully saturated rings. The first-order valence-corrected chi connectivity index (χ1v) is 9.14. The summed E-state index contributed by atoms with van der Waals surface area (Å²) in [4.78, 5) is 11.7. The van der Waals surface area contributed by atoms with E-state index in [9.17, 15) is 4.79 Å². The van der Waals surface area contributed by atoms with Gasteiger partial charge in [-0.3, -0.25) is 0 Å². The molecule has 0 spiro atoms. The average molecular weight is 351 g/mol. The van der Waals surface area contributed by atoms with Crippen LogP contribution in [0.4, 0.5) is 0 Å². The third-order valence-electron chi connectivity index (χ3n) is 4.46. The maximum absolute atomic E-state index is 11.7. The molecule has 0 bridgehead atoms. The van der Waals surface area contributed by atoms with Gasteiger partial charge in [-0.15, -0.1) is 0 Å². The minimum atomic E-state index is -0.336. The van der Waals surface area contributed by atoms with Crippen molar-refractivity contribution in [3.05, 3.63) is 70.8 Å². The first kappa shape index (κ1) is 19.9. The number of hydrogen-bond donors (Lipinski definition) is 1. The Morgan fingerprint density at radius 1 is 1.08 bits per heavy atom. The zero-order valence-electron chi connectivity index (χ0n) is 16.1. The van der Waals surface area contributed by atoms with E-state index in [1.54, 1.807) is 6.92 Å². The molecule has 0 aliphatic heterocycles. The van der Waals surface area contributed by atoms with Gasteiger partial charge in [-0.05, 0) is 68.0 Å². The van der Waals surface area contributed by atoms with Crippen LogP contribution in [0.5, 0.6) is 0 Å². The fourth-order valence-electron chi connectivity index (χ4n) is 3.07. The predicted octanol–water partition coefficient (Wildman–Crippen LogP) is 4.52. The first-order chi connectivity index (χ1) is 12.4. The van der Waals surface area contributed by atoms with Gasteiger partial charge in [0.15, 0.2) is 0 Å². The molecule has 2 aromatic rings. The second-order valence-corrected chi connectivity index (χ2v) is 6.87. The van der Waals surface area contributed by atoms with Crippen molar-refractivity contribution in [2.45, 2.75) is 40.0 Å². The molecule has 0 amide bonds. The van der Waals surface area contributed by atoms with E-state index < -0.39 is 0 Å². The molecular formula is C23H29NO2. The Kier molecular flexibility index (Phi) is 7.16. The summed E-state index contributed by atoms with van der Waals surface area (Å²) in [6, 6.07) is 13.1. The lowest BCUT2D eigenvalue weighted by Crippen LogP contribution is -2.09. The lowest BCUT2D eigenvalue weighted by atomic mass is 9.91. The van der Waals surface area contributed by atoms with Crippen LogP contribution < -0.4 is 5.73 Å². The van der Waals surface area contributed by atoms with E-state index in [0.717, 1.165) is 12.8 Å². The molecule has 3 nitrogen and oxygen atoms in total. The van der Waals surface area contributed by atoms with Crippen molar-refractivity contribution >= 4 is 5.97 Å². The van der Waals surface area contributed by atoms with Gasteiger partial charge in [0.25, 0.3) is 0 Å². The van der Waals surface area contributed by atoms with Crippen LogP contribution >= 0.6 is 0 Å². The molecule has 0 aromatic heterocycles. The molecule has 0 atom stereocenters. The Hall–Kier alpha value is -2.39. The van der Waals surface area contributed by atoms with Crippen LogP contribution in [-0.4, -0.2) is 19.1 Å². The molecule has 138 valence electrons. The summed E-state index contributed by atoms with van der Waals surface area (Å²) in [6.45, 7) is 10.6. The molecule has 0 unspecified atom stereocenters. The molecule has 0 saturated carbocycles. The first-order valence-electron chi connectivity index (χ1n) is 9.14. The molecule has 0 radical (unpaired) electrons. The van der Waals surface area contributed by atoms with Crippen LogP contribution in [-0.2, 0) is 22.4 Å². The Bertz CT molecular complexity index is 793. The zero-order valence-corrected chi connectivity index (χ0v) is 16.1. The molecule has 26 heavy (non-hydrogen) atoms. The van der Waals surface area contributed by atoms with E-state index in [1.807, 2.05) is 0 Å². The highest BCUT2D eigenvalue weighted by atomic mass is 16.5. The number of carbonyl (C=O) groups excluding carboxylic acids is 1. The smallest absolute Gasteiger partial charge is 0.333 e. The normalized spacial score (nSPS) is 10.6. The van der Waals surface area contributed by atoms with Crippen LogP contribution in [0.15, 0.2) is 48.6 Å². The quantitative estimate of drug-likeness (QED) is 0.562. The van der Waals surface area contributed by atoms with Crippen molar-refractivity contribution in [3.8, 4) is 11.1 Å². The Morgan fingerprint density at radius 3 is 2.46 bits per heavy atom.